The fourth-order valence-corrected chi connectivity index (χ4v) is 10.2. The average Bonchev–Trinajstić information content (AvgIpc) is 3.21. The van der Waals surface area contributed by atoms with Crippen LogP contribution < -0.4 is 0 Å². The predicted octanol–water partition coefficient (Wildman–Crippen LogP) is 9.04. The van der Waals surface area contributed by atoms with Crippen LogP contribution >= 0.6 is 0 Å². The summed E-state index contributed by atoms with van der Waals surface area (Å²) in [7, 11) is 0. The maximum Gasteiger partial charge on any atom is 0.338 e. The van der Waals surface area contributed by atoms with Crippen LogP contribution in [0.3, 0.4) is 0 Å². The van der Waals surface area contributed by atoms with Gasteiger partial charge >= 0.3 is 5.97 Å². The van der Waals surface area contributed by atoms with Gasteiger partial charge in [-0.3, -0.25) is 0 Å². The molecule has 4 aliphatic rings. The summed E-state index contributed by atoms with van der Waals surface area (Å²) in [6, 6.07) is 6.45. The molecule has 9 atom stereocenters. The van der Waals surface area contributed by atoms with Gasteiger partial charge in [0.15, 0.2) is 0 Å². The lowest BCUT2D eigenvalue weighted by Crippen LogP contribution is -2.54. The lowest BCUT2D eigenvalue weighted by molar-refractivity contribution is -0.130. The molecular weight excluding hydrogens is 456 g/mol. The minimum Gasteiger partial charge on any atom is -0.508 e. The van der Waals surface area contributed by atoms with Crippen LogP contribution in [0.1, 0.15) is 122 Å². The Kier molecular flexibility index (Phi) is 7.74. The summed E-state index contributed by atoms with van der Waals surface area (Å²) in [6.07, 6.45) is 15.9. The first-order valence-electron chi connectivity index (χ1n) is 15.6. The SMILES string of the molecule is CC(C)CCC[C@@H](C)[C@H]1CCC2C3CCC4CC(OC(=O)c5ccc(O)cc5)CC[C@]4(C)C3CC[C@@]21C. The summed E-state index contributed by atoms with van der Waals surface area (Å²) >= 11 is 0. The molecule has 0 bridgehead atoms. The maximum absolute atomic E-state index is 12.7. The van der Waals surface area contributed by atoms with Gasteiger partial charge in [-0.25, -0.2) is 4.79 Å². The normalized spacial score (nSPS) is 39.9. The van der Waals surface area contributed by atoms with Crippen molar-refractivity contribution in [1.82, 2.24) is 0 Å². The van der Waals surface area contributed by atoms with E-state index in [0.29, 0.717) is 22.3 Å². The van der Waals surface area contributed by atoms with E-state index >= 15 is 0 Å². The van der Waals surface area contributed by atoms with Crippen molar-refractivity contribution in [3.63, 3.8) is 0 Å². The summed E-state index contributed by atoms with van der Waals surface area (Å²) in [4.78, 5) is 12.7. The van der Waals surface area contributed by atoms with Crippen LogP contribution in [-0.4, -0.2) is 17.2 Å². The quantitative estimate of drug-likeness (QED) is 0.374. The first-order chi connectivity index (χ1) is 17.6. The van der Waals surface area contributed by atoms with Gasteiger partial charge in [0.1, 0.15) is 11.9 Å². The molecule has 0 amide bonds. The van der Waals surface area contributed by atoms with E-state index in [1.54, 1.807) is 24.3 Å². The molecule has 5 rings (SSSR count). The molecule has 1 aromatic rings. The molecule has 5 unspecified atom stereocenters. The van der Waals surface area contributed by atoms with Crippen molar-refractivity contribution in [3.05, 3.63) is 29.8 Å². The fraction of sp³-hybridized carbons (Fsp3) is 0.794. The summed E-state index contributed by atoms with van der Waals surface area (Å²) in [5.74, 6) is 5.93. The minimum atomic E-state index is -0.241. The highest BCUT2D eigenvalue weighted by Gasteiger charge is 2.60. The molecule has 0 radical (unpaired) electrons. The third-order valence-electron chi connectivity index (χ3n) is 12.2. The number of esters is 1. The first kappa shape index (κ1) is 27.1. The van der Waals surface area contributed by atoms with Crippen molar-refractivity contribution in [1.29, 1.82) is 0 Å². The van der Waals surface area contributed by atoms with E-state index in [9.17, 15) is 9.90 Å². The second-order valence-corrected chi connectivity index (χ2v) is 14.5. The van der Waals surface area contributed by atoms with Gasteiger partial charge in [0.05, 0.1) is 5.56 Å². The lowest BCUT2D eigenvalue weighted by Gasteiger charge is -2.61. The Hall–Kier alpha value is -1.51. The van der Waals surface area contributed by atoms with Crippen molar-refractivity contribution in [2.45, 2.75) is 118 Å². The van der Waals surface area contributed by atoms with Gasteiger partial charge in [0.25, 0.3) is 0 Å². The topological polar surface area (TPSA) is 46.5 Å². The molecular formula is C34H52O3. The highest BCUT2D eigenvalue weighted by molar-refractivity contribution is 5.89. The Labute approximate surface area is 226 Å². The molecule has 3 nitrogen and oxygen atoms in total. The van der Waals surface area contributed by atoms with E-state index < -0.39 is 0 Å². The van der Waals surface area contributed by atoms with Gasteiger partial charge in [-0.2, -0.15) is 0 Å². The Morgan fingerprint density at radius 1 is 0.919 bits per heavy atom. The summed E-state index contributed by atoms with van der Waals surface area (Å²) < 4.78 is 6.00. The van der Waals surface area contributed by atoms with E-state index in [1.165, 1.54) is 64.2 Å². The molecule has 0 spiro atoms. The fourth-order valence-electron chi connectivity index (χ4n) is 10.2. The summed E-state index contributed by atoms with van der Waals surface area (Å²) in [5.41, 5.74) is 1.50. The Bertz CT molecular complexity index is 937. The molecule has 4 saturated carbocycles. The van der Waals surface area contributed by atoms with Gasteiger partial charge in [0.2, 0.25) is 0 Å². The number of hydrogen-bond donors (Lipinski definition) is 1. The van der Waals surface area contributed by atoms with Crippen LogP contribution in [0.2, 0.25) is 0 Å². The summed E-state index contributed by atoms with van der Waals surface area (Å²) in [5, 5.41) is 9.53. The third kappa shape index (κ3) is 5.10. The molecule has 37 heavy (non-hydrogen) atoms. The number of fused-ring (bicyclic) bond motifs is 5. The molecule has 3 heteroatoms. The number of aromatic hydroxyl groups is 1. The Balaban J connectivity index is 1.21. The van der Waals surface area contributed by atoms with Crippen molar-refractivity contribution in [3.8, 4) is 5.75 Å². The second-order valence-electron chi connectivity index (χ2n) is 14.5. The van der Waals surface area contributed by atoms with Crippen LogP contribution in [0.15, 0.2) is 24.3 Å². The molecule has 0 heterocycles. The van der Waals surface area contributed by atoms with Gasteiger partial charge < -0.3 is 9.84 Å². The first-order valence-corrected chi connectivity index (χ1v) is 15.6. The highest BCUT2D eigenvalue weighted by atomic mass is 16.5. The third-order valence-corrected chi connectivity index (χ3v) is 12.2. The zero-order chi connectivity index (χ0) is 26.4. The number of ether oxygens (including phenoxy) is 1. The van der Waals surface area contributed by atoms with Crippen LogP contribution in [0.4, 0.5) is 0 Å². The van der Waals surface area contributed by atoms with Gasteiger partial charge in [-0.05, 0) is 134 Å². The van der Waals surface area contributed by atoms with Crippen molar-refractivity contribution < 1.29 is 14.6 Å². The maximum atomic E-state index is 12.7. The number of benzene rings is 1. The predicted molar refractivity (Wildman–Crippen MR) is 150 cm³/mol. The Morgan fingerprint density at radius 2 is 1.62 bits per heavy atom. The number of carbonyl (C=O) groups is 1. The van der Waals surface area contributed by atoms with Gasteiger partial charge in [-0.15, -0.1) is 0 Å². The molecule has 1 N–H and O–H groups in total. The summed E-state index contributed by atoms with van der Waals surface area (Å²) in [6.45, 7) is 12.6. The smallest absolute Gasteiger partial charge is 0.338 e. The molecule has 0 saturated heterocycles. The van der Waals surface area contributed by atoms with Crippen LogP contribution in [0.5, 0.6) is 5.75 Å². The van der Waals surface area contributed by atoms with E-state index in [1.807, 2.05) is 0 Å². The average molecular weight is 509 g/mol. The lowest BCUT2D eigenvalue weighted by atomic mass is 9.44. The van der Waals surface area contributed by atoms with Crippen LogP contribution in [0, 0.1) is 52.3 Å². The number of rotatable bonds is 7. The van der Waals surface area contributed by atoms with Crippen molar-refractivity contribution in [2.75, 3.05) is 0 Å². The molecule has 4 aliphatic carbocycles. The van der Waals surface area contributed by atoms with Crippen LogP contribution in [-0.2, 0) is 4.74 Å². The molecule has 4 fully saturated rings. The monoisotopic (exact) mass is 508 g/mol. The zero-order valence-electron chi connectivity index (χ0n) is 24.2. The highest BCUT2D eigenvalue weighted by Crippen LogP contribution is 2.68. The van der Waals surface area contributed by atoms with E-state index in [4.69, 9.17) is 4.74 Å². The second kappa shape index (κ2) is 10.6. The minimum absolute atomic E-state index is 0.0346. The molecule has 0 aromatic heterocycles. The van der Waals surface area contributed by atoms with Gasteiger partial charge in [-0.1, -0.05) is 53.9 Å². The molecule has 1 aromatic carbocycles. The van der Waals surface area contributed by atoms with Gasteiger partial charge in [0, 0.05) is 0 Å². The van der Waals surface area contributed by atoms with E-state index in [-0.39, 0.29) is 17.8 Å². The zero-order valence-corrected chi connectivity index (χ0v) is 24.2. The number of carbonyl (C=O) groups excluding carboxylic acids is 1. The largest absolute Gasteiger partial charge is 0.508 e. The molecule has 206 valence electrons. The van der Waals surface area contributed by atoms with E-state index in [2.05, 4.69) is 34.6 Å². The van der Waals surface area contributed by atoms with E-state index in [0.717, 1.165) is 48.3 Å². The number of phenolic OH excluding ortho intramolecular Hbond substituents is 1. The Morgan fingerprint density at radius 3 is 2.35 bits per heavy atom. The molecule has 0 aliphatic heterocycles. The van der Waals surface area contributed by atoms with Crippen molar-refractivity contribution >= 4 is 5.97 Å². The number of phenols is 1. The van der Waals surface area contributed by atoms with Crippen LogP contribution in [0.25, 0.3) is 0 Å². The standard InChI is InChI=1S/C34H52O3/c1-22(2)7-6-8-23(3)29-15-16-30-28-14-11-25-21-27(37-32(36)24-9-12-26(35)13-10-24)17-19-33(25,4)31(28)18-20-34(29,30)5/h9-10,12-13,22-23,25,27-31,35H,6-8,11,14-21H2,1-5H3/t23-,25?,27?,28?,29-,30?,31?,33+,34-/m1/s1. The van der Waals surface area contributed by atoms with Crippen molar-refractivity contribution in [2.24, 2.45) is 52.3 Å². The number of hydrogen-bond acceptors (Lipinski definition) is 3.